The Morgan fingerprint density at radius 3 is 2.63 bits per heavy atom. The van der Waals surface area contributed by atoms with Gasteiger partial charge in [0.25, 0.3) is 0 Å². The molecule has 2 aromatic carbocycles. The molecule has 224 valence electrons. The van der Waals surface area contributed by atoms with Crippen molar-refractivity contribution in [1.29, 1.82) is 0 Å². The van der Waals surface area contributed by atoms with E-state index in [4.69, 9.17) is 9.47 Å². The Labute approximate surface area is 249 Å². The zero-order chi connectivity index (χ0) is 28.9. The van der Waals surface area contributed by atoms with Gasteiger partial charge in [-0.1, -0.05) is 31.7 Å². The summed E-state index contributed by atoms with van der Waals surface area (Å²) >= 11 is 0. The molecule has 11 heteroatoms. The topological polar surface area (TPSA) is 122 Å². The maximum absolute atomic E-state index is 14.2. The van der Waals surface area contributed by atoms with Crippen molar-refractivity contribution in [3.05, 3.63) is 88.9 Å². The van der Waals surface area contributed by atoms with Crippen molar-refractivity contribution >= 4 is 29.2 Å². The van der Waals surface area contributed by atoms with Crippen molar-refractivity contribution in [1.82, 2.24) is 15.2 Å². The number of amides is 3. The van der Waals surface area contributed by atoms with E-state index in [2.05, 4.69) is 20.9 Å². The van der Waals surface area contributed by atoms with E-state index >= 15 is 0 Å². The van der Waals surface area contributed by atoms with Crippen LogP contribution >= 0.6 is 0 Å². The molecule has 4 heterocycles. The third-order valence-corrected chi connectivity index (χ3v) is 8.76. The Kier molecular flexibility index (Phi) is 7.49. The Bertz CT molecular complexity index is 1590. The second kappa shape index (κ2) is 11.1. The normalized spacial score (nSPS) is 23.7. The number of carbonyl (C=O) groups is 3. The fourth-order valence-electron chi connectivity index (χ4n) is 6.67. The lowest BCUT2D eigenvalue weighted by Crippen LogP contribution is -2.69. The number of benzene rings is 2. The summed E-state index contributed by atoms with van der Waals surface area (Å²) in [5, 5.41) is 9.12. The lowest BCUT2D eigenvalue weighted by molar-refractivity contribution is -0.151. The van der Waals surface area contributed by atoms with E-state index in [0.717, 1.165) is 16.7 Å². The number of halogens is 1. The van der Waals surface area contributed by atoms with Crippen molar-refractivity contribution in [2.45, 2.75) is 37.3 Å². The number of nitrogens with one attached hydrogen (secondary N) is 3. The van der Waals surface area contributed by atoms with Crippen molar-refractivity contribution in [3.8, 4) is 0 Å². The second-order valence-electron chi connectivity index (χ2n) is 11.4. The van der Waals surface area contributed by atoms with Gasteiger partial charge in [0, 0.05) is 24.0 Å². The zero-order valence-electron chi connectivity index (χ0n) is 22.8. The van der Waals surface area contributed by atoms with Gasteiger partial charge in [0.1, 0.15) is 23.7 Å². The highest BCUT2D eigenvalue weighted by Crippen LogP contribution is 2.47. The van der Waals surface area contributed by atoms with Gasteiger partial charge in [-0.05, 0) is 59.9 Å². The molecule has 3 N–H and O–H groups in total. The predicted octanol–water partition coefficient (Wildman–Crippen LogP) is 2.74. The van der Waals surface area contributed by atoms with Crippen LogP contribution in [0, 0.1) is 5.82 Å². The SMILES string of the molecule is C.O=C(CN1C(=O)C2(COCCOC2)NCC1c1cccc(F)c1)Nc1ccc2c(c1)C[C@@]1(C2)C(=O)Nc2ncccc21. The molecule has 3 aromatic rings. The lowest BCUT2D eigenvalue weighted by atomic mass is 9.79. The number of anilines is 2. The second-order valence-corrected chi connectivity index (χ2v) is 11.4. The minimum Gasteiger partial charge on any atom is -0.376 e. The summed E-state index contributed by atoms with van der Waals surface area (Å²) in [4.78, 5) is 46.2. The van der Waals surface area contributed by atoms with E-state index in [1.54, 1.807) is 18.3 Å². The van der Waals surface area contributed by atoms with E-state index in [-0.39, 0.29) is 39.0 Å². The number of fused-ring (bicyclic) bond motifs is 3. The fourth-order valence-corrected chi connectivity index (χ4v) is 6.67. The molecular weight excluding hydrogens is 553 g/mol. The third-order valence-electron chi connectivity index (χ3n) is 8.76. The number of piperazine rings is 1. The molecule has 0 saturated carbocycles. The number of pyridine rings is 1. The molecule has 3 amide bonds. The van der Waals surface area contributed by atoms with E-state index in [9.17, 15) is 18.8 Å². The van der Waals surface area contributed by atoms with Crippen LogP contribution in [0.3, 0.4) is 0 Å². The van der Waals surface area contributed by atoms with E-state index < -0.39 is 28.7 Å². The van der Waals surface area contributed by atoms with Crippen molar-refractivity contribution in [2.75, 3.05) is 50.2 Å². The number of nitrogens with zero attached hydrogens (tertiary/aromatic N) is 2. The molecule has 2 fully saturated rings. The van der Waals surface area contributed by atoms with Crippen molar-refractivity contribution in [3.63, 3.8) is 0 Å². The molecule has 0 bridgehead atoms. The molecule has 2 spiro atoms. The van der Waals surface area contributed by atoms with Crippen molar-refractivity contribution < 1.29 is 28.2 Å². The van der Waals surface area contributed by atoms with Crippen LogP contribution in [-0.2, 0) is 42.1 Å². The first kappa shape index (κ1) is 28.9. The Morgan fingerprint density at radius 1 is 1.05 bits per heavy atom. The molecule has 10 nitrogen and oxygen atoms in total. The highest BCUT2D eigenvalue weighted by atomic mass is 19.1. The van der Waals surface area contributed by atoms with Gasteiger partial charge in [-0.15, -0.1) is 0 Å². The number of carbonyl (C=O) groups excluding carboxylic acids is 3. The fraction of sp³-hybridized carbons (Fsp3) is 0.375. The van der Waals surface area contributed by atoms with Gasteiger partial charge < -0.3 is 25.0 Å². The number of aromatic nitrogens is 1. The predicted molar refractivity (Wildman–Crippen MR) is 157 cm³/mol. The van der Waals surface area contributed by atoms with Crippen LogP contribution in [0.2, 0.25) is 0 Å². The van der Waals surface area contributed by atoms with E-state index in [1.807, 2.05) is 30.3 Å². The van der Waals surface area contributed by atoms with Crippen LogP contribution in [0.25, 0.3) is 0 Å². The van der Waals surface area contributed by atoms with Gasteiger partial charge in [0.15, 0.2) is 0 Å². The summed E-state index contributed by atoms with van der Waals surface area (Å²) < 4.78 is 25.5. The number of hydrogen-bond donors (Lipinski definition) is 3. The van der Waals surface area contributed by atoms with Crippen LogP contribution in [0.15, 0.2) is 60.8 Å². The molecule has 2 atom stereocenters. The largest absolute Gasteiger partial charge is 0.376 e. The summed E-state index contributed by atoms with van der Waals surface area (Å²) in [5.74, 6) is -0.622. The Hall–Kier alpha value is -4.19. The van der Waals surface area contributed by atoms with Crippen LogP contribution in [0.4, 0.5) is 15.9 Å². The van der Waals surface area contributed by atoms with Crippen molar-refractivity contribution in [2.24, 2.45) is 0 Å². The molecule has 43 heavy (non-hydrogen) atoms. The summed E-state index contributed by atoms with van der Waals surface area (Å²) in [7, 11) is 0. The molecule has 1 unspecified atom stereocenters. The number of hydrogen-bond acceptors (Lipinski definition) is 7. The van der Waals surface area contributed by atoms with Gasteiger partial charge in [0.2, 0.25) is 17.7 Å². The molecular formula is C32H34FN5O5. The van der Waals surface area contributed by atoms with Gasteiger partial charge >= 0.3 is 0 Å². The molecule has 2 saturated heterocycles. The quantitative estimate of drug-likeness (QED) is 0.429. The molecule has 7 rings (SSSR count). The maximum Gasteiger partial charge on any atom is 0.248 e. The lowest BCUT2D eigenvalue weighted by Gasteiger charge is -2.45. The highest BCUT2D eigenvalue weighted by Gasteiger charge is 2.51. The summed E-state index contributed by atoms with van der Waals surface area (Å²) in [5.41, 5.74) is 2.22. The Balaban J connectivity index is 0.00000329. The zero-order valence-corrected chi connectivity index (χ0v) is 22.8. The molecule has 1 aliphatic carbocycles. The summed E-state index contributed by atoms with van der Waals surface area (Å²) in [6.45, 7) is 1.01. The first-order valence-electron chi connectivity index (χ1n) is 14.0. The molecule has 4 aliphatic rings. The van der Waals surface area contributed by atoms with Crippen LogP contribution in [0.5, 0.6) is 0 Å². The summed E-state index contributed by atoms with van der Waals surface area (Å²) in [6, 6.07) is 14.9. The van der Waals surface area contributed by atoms with Crippen LogP contribution in [0.1, 0.15) is 35.7 Å². The van der Waals surface area contributed by atoms with Gasteiger partial charge in [0.05, 0.1) is 37.9 Å². The minimum absolute atomic E-state index is 0. The smallest absolute Gasteiger partial charge is 0.248 e. The average molecular weight is 588 g/mol. The highest BCUT2D eigenvalue weighted by molar-refractivity contribution is 6.06. The van der Waals surface area contributed by atoms with Gasteiger partial charge in [-0.25, -0.2) is 9.37 Å². The third kappa shape index (κ3) is 4.97. The first-order valence-corrected chi connectivity index (χ1v) is 14.0. The van der Waals surface area contributed by atoms with E-state index in [1.165, 1.54) is 17.0 Å². The standard InChI is InChI=1S/C31H30FN5O5.CH4/c32-22-4-1-3-19(11-22)25-15-34-31(17-41-9-10-42-18-31)29(40)37(25)16-26(38)35-23-7-6-20-13-30(14-21(20)12-23)24-5-2-8-33-27(24)36-28(30)39;/h1-8,11-12,25,34H,9-10,13-18H2,(H,35,38)(H,33,36,39);1H4/t25?,30-;/m1./s1. The summed E-state index contributed by atoms with van der Waals surface area (Å²) in [6.07, 6.45) is 2.71. The first-order chi connectivity index (χ1) is 20.4. The molecule has 3 aliphatic heterocycles. The van der Waals surface area contributed by atoms with Gasteiger partial charge in [-0.2, -0.15) is 0 Å². The minimum atomic E-state index is -1.13. The maximum atomic E-state index is 14.2. The average Bonchev–Trinajstić information content (AvgIpc) is 3.38. The number of rotatable bonds is 4. The molecule has 1 aromatic heterocycles. The monoisotopic (exact) mass is 587 g/mol. The number of ether oxygens (including phenoxy) is 2. The van der Waals surface area contributed by atoms with Crippen LogP contribution in [-0.4, -0.2) is 72.7 Å². The van der Waals surface area contributed by atoms with E-state index in [0.29, 0.717) is 49.7 Å². The Morgan fingerprint density at radius 2 is 1.84 bits per heavy atom. The van der Waals surface area contributed by atoms with Crippen LogP contribution < -0.4 is 16.0 Å². The van der Waals surface area contributed by atoms with Gasteiger partial charge in [-0.3, -0.25) is 19.7 Å². The molecule has 0 radical (unpaired) electrons.